The molecule has 0 saturated carbocycles. The largest absolute Gasteiger partial charge is 0.334 e. The topological polar surface area (TPSA) is 27.7 Å². The van der Waals surface area contributed by atoms with Crippen LogP contribution in [0.1, 0.15) is 0 Å². The Balaban J connectivity index is 2.99. The average Bonchev–Trinajstić information content (AvgIpc) is 1.72. The first-order chi connectivity index (χ1) is 3.35. The van der Waals surface area contributed by atoms with Crippen molar-refractivity contribution in [3.63, 3.8) is 0 Å². The van der Waals surface area contributed by atoms with Gasteiger partial charge in [-0.3, -0.25) is 0 Å². The first kappa shape index (κ1) is 7.31. The number of hydrogen-bond acceptors (Lipinski definition) is 3. The highest BCUT2D eigenvalue weighted by Crippen LogP contribution is 2.37. The van der Waals surface area contributed by atoms with E-state index in [1.54, 1.807) is 0 Å². The van der Waals surface area contributed by atoms with Gasteiger partial charge in [0.2, 0.25) is 0 Å². The Bertz CT molecular complexity index is 31.7. The van der Waals surface area contributed by atoms with Crippen molar-refractivity contribution in [1.29, 1.82) is 0 Å². The molecule has 0 aromatic rings. The molecule has 7 heavy (non-hydrogen) atoms. The van der Waals surface area contributed by atoms with Gasteiger partial charge >= 0.3 is 8.60 Å². The van der Waals surface area contributed by atoms with Gasteiger partial charge in [0.1, 0.15) is 21.3 Å². The minimum atomic E-state index is -1.72. The lowest BCUT2D eigenvalue weighted by molar-refractivity contribution is 0.294. The van der Waals surface area contributed by atoms with Crippen LogP contribution in [0, 0.1) is 21.3 Å². The summed E-state index contributed by atoms with van der Waals surface area (Å²) < 4.78 is 11.8. The van der Waals surface area contributed by atoms with E-state index >= 15 is 0 Å². The summed E-state index contributed by atoms with van der Waals surface area (Å²) in [5, 5.41) is 0. The fourth-order valence-electron chi connectivity index (χ4n) is 0.0745. The third-order valence-electron chi connectivity index (χ3n) is 0.258. The average molecular weight is 118 g/mol. The molecule has 0 aromatic heterocycles. The Labute approximate surface area is 44.6 Å². The Kier molecular flexibility index (Phi) is 4.67. The van der Waals surface area contributed by atoms with Crippen LogP contribution in [0.2, 0.25) is 0 Å². The minimum Gasteiger partial charge on any atom is -0.303 e. The van der Waals surface area contributed by atoms with Gasteiger partial charge in [-0.05, 0) is 0 Å². The maximum Gasteiger partial charge on any atom is 0.334 e. The van der Waals surface area contributed by atoms with Crippen LogP contribution in [0.5, 0.6) is 0 Å². The zero-order valence-corrected chi connectivity index (χ0v) is 4.30. The molecular formula is C3H3O3P. The van der Waals surface area contributed by atoms with Crippen molar-refractivity contribution in [1.82, 2.24) is 0 Å². The van der Waals surface area contributed by atoms with Crippen molar-refractivity contribution in [2.24, 2.45) is 0 Å². The molecule has 0 N–H and O–H groups in total. The molecule has 0 bridgehead atoms. The highest BCUT2D eigenvalue weighted by Gasteiger charge is 2.02. The molecule has 0 aromatic carbocycles. The fourth-order valence-corrected chi connectivity index (χ4v) is 0.224. The van der Waals surface area contributed by atoms with Crippen LogP contribution >= 0.6 is 8.60 Å². The molecule has 0 spiro atoms. The number of hydrogen-bond donors (Lipinski definition) is 0. The molecule has 0 aliphatic heterocycles. The van der Waals surface area contributed by atoms with Gasteiger partial charge in [0, 0.05) is 0 Å². The summed E-state index contributed by atoms with van der Waals surface area (Å²) in [6.45, 7) is 0. The predicted molar refractivity (Wildman–Crippen MR) is 23.1 cm³/mol. The van der Waals surface area contributed by atoms with E-state index in [1.165, 1.54) is 0 Å². The Hall–Kier alpha value is 0.310. The van der Waals surface area contributed by atoms with Crippen LogP contribution in [-0.4, -0.2) is 0 Å². The summed E-state index contributed by atoms with van der Waals surface area (Å²) >= 11 is 0. The second kappa shape index (κ2) is 4.47. The highest BCUT2D eigenvalue weighted by atomic mass is 31.2. The maximum atomic E-state index is 4.51. The first-order valence-corrected chi connectivity index (χ1v) is 2.35. The van der Waals surface area contributed by atoms with Crippen molar-refractivity contribution in [3.05, 3.63) is 21.3 Å². The number of rotatable bonds is 3. The van der Waals surface area contributed by atoms with Gasteiger partial charge in [-0.2, -0.15) is 0 Å². The first-order valence-electron chi connectivity index (χ1n) is 1.25. The van der Waals surface area contributed by atoms with Crippen LogP contribution in [0.3, 0.4) is 0 Å². The molecule has 0 atom stereocenters. The smallest absolute Gasteiger partial charge is 0.303 e. The standard InChI is InChI=1S/C3H3O3P/c1-4-7(5-2)6-3/h1-3H. The molecule has 0 unspecified atom stereocenters. The molecule has 4 heteroatoms. The van der Waals surface area contributed by atoms with Crippen LogP contribution in [-0.2, 0) is 13.6 Å². The van der Waals surface area contributed by atoms with Gasteiger partial charge < -0.3 is 13.6 Å². The summed E-state index contributed by atoms with van der Waals surface area (Å²) in [6, 6.07) is 0. The summed E-state index contributed by atoms with van der Waals surface area (Å²) in [6.07, 6.45) is 0. The SMILES string of the molecule is [CH]OP(O[CH])O[CH]. The van der Waals surface area contributed by atoms with E-state index in [-0.39, 0.29) is 0 Å². The Morgan fingerprint density at radius 2 is 1.14 bits per heavy atom. The fraction of sp³-hybridized carbons (Fsp3) is 0. The van der Waals surface area contributed by atoms with E-state index in [9.17, 15) is 0 Å². The quantitative estimate of drug-likeness (QED) is 0.522. The van der Waals surface area contributed by atoms with E-state index in [0.29, 0.717) is 0 Å². The molecule has 0 aliphatic rings. The lowest BCUT2D eigenvalue weighted by Crippen LogP contribution is -1.76. The maximum absolute atomic E-state index is 4.51. The third-order valence-corrected chi connectivity index (χ3v) is 0.775. The van der Waals surface area contributed by atoms with Crippen LogP contribution in [0.15, 0.2) is 0 Å². The molecule has 0 amide bonds. The predicted octanol–water partition coefficient (Wildman–Crippen LogP) is 1.27. The molecule has 0 rings (SSSR count). The van der Waals surface area contributed by atoms with Gasteiger partial charge in [-0.1, -0.05) is 0 Å². The van der Waals surface area contributed by atoms with E-state index in [2.05, 4.69) is 34.9 Å². The lowest BCUT2D eigenvalue weighted by atomic mass is 11.8. The highest BCUT2D eigenvalue weighted by molar-refractivity contribution is 7.41. The van der Waals surface area contributed by atoms with Crippen molar-refractivity contribution < 1.29 is 13.6 Å². The van der Waals surface area contributed by atoms with Gasteiger partial charge in [0.15, 0.2) is 0 Å². The van der Waals surface area contributed by atoms with Gasteiger partial charge in [0.05, 0.1) is 0 Å². The van der Waals surface area contributed by atoms with E-state index < -0.39 is 8.60 Å². The van der Waals surface area contributed by atoms with Gasteiger partial charge in [0.25, 0.3) is 0 Å². The zero-order valence-electron chi connectivity index (χ0n) is 3.40. The van der Waals surface area contributed by atoms with Crippen LogP contribution in [0.25, 0.3) is 0 Å². The summed E-state index contributed by atoms with van der Waals surface area (Å²) in [5.74, 6) is 0. The summed E-state index contributed by atoms with van der Waals surface area (Å²) in [4.78, 5) is 0. The van der Waals surface area contributed by atoms with E-state index in [4.69, 9.17) is 0 Å². The summed E-state index contributed by atoms with van der Waals surface area (Å²) in [7, 11) is 11.8. The monoisotopic (exact) mass is 118 g/mol. The van der Waals surface area contributed by atoms with Crippen molar-refractivity contribution in [2.75, 3.05) is 0 Å². The van der Waals surface area contributed by atoms with E-state index in [0.717, 1.165) is 0 Å². The Morgan fingerprint density at radius 1 is 0.857 bits per heavy atom. The molecule has 0 saturated heterocycles. The minimum absolute atomic E-state index is 1.72. The van der Waals surface area contributed by atoms with Crippen LogP contribution in [0.4, 0.5) is 0 Å². The van der Waals surface area contributed by atoms with Crippen LogP contribution < -0.4 is 0 Å². The van der Waals surface area contributed by atoms with Crippen molar-refractivity contribution >= 4 is 8.60 Å². The molecule has 3 nitrogen and oxygen atoms in total. The molecule has 6 radical (unpaired) electrons. The molecule has 0 aliphatic carbocycles. The molecular weight excluding hydrogens is 115 g/mol. The second-order valence-corrected chi connectivity index (χ2v) is 1.62. The van der Waals surface area contributed by atoms with Crippen molar-refractivity contribution in [2.45, 2.75) is 0 Å². The van der Waals surface area contributed by atoms with Gasteiger partial charge in [-0.15, -0.1) is 0 Å². The molecule has 0 fully saturated rings. The summed E-state index contributed by atoms with van der Waals surface area (Å²) in [5.41, 5.74) is 0. The third kappa shape index (κ3) is 2.94. The van der Waals surface area contributed by atoms with E-state index in [1.807, 2.05) is 0 Å². The molecule has 0 heterocycles. The lowest BCUT2D eigenvalue weighted by Gasteiger charge is -2.03. The zero-order chi connectivity index (χ0) is 5.70. The second-order valence-electron chi connectivity index (χ2n) is 0.540. The molecule has 38 valence electrons. The van der Waals surface area contributed by atoms with Crippen molar-refractivity contribution in [3.8, 4) is 0 Å². The van der Waals surface area contributed by atoms with Gasteiger partial charge in [-0.25, -0.2) is 0 Å². The Morgan fingerprint density at radius 3 is 1.14 bits per heavy atom. The normalized spacial score (nSPS) is 10.3.